The molecule has 2 fully saturated rings. The molecule has 0 bridgehead atoms. The van der Waals surface area contributed by atoms with Gasteiger partial charge >= 0.3 is 0 Å². The van der Waals surface area contributed by atoms with Gasteiger partial charge in [0.25, 0.3) is 0 Å². The lowest BCUT2D eigenvalue weighted by molar-refractivity contribution is -0.140. The Hall–Kier alpha value is -1.43. The predicted molar refractivity (Wildman–Crippen MR) is 78.6 cm³/mol. The number of carbonyl (C=O) groups excluding carboxylic acids is 3. The Morgan fingerprint density at radius 1 is 1.43 bits per heavy atom. The molecule has 2 aliphatic heterocycles. The lowest BCUT2D eigenvalue weighted by atomic mass is 10.0. The van der Waals surface area contributed by atoms with Crippen LogP contribution < -0.4 is 10.6 Å². The highest BCUT2D eigenvalue weighted by Crippen LogP contribution is 2.27. The first-order chi connectivity index (χ1) is 9.81. The Kier molecular flexibility index (Phi) is 4.66. The van der Waals surface area contributed by atoms with Crippen LogP contribution >= 0.6 is 0 Å². The molecule has 2 heterocycles. The molecule has 21 heavy (non-hydrogen) atoms. The molecule has 6 nitrogen and oxygen atoms in total. The summed E-state index contributed by atoms with van der Waals surface area (Å²) < 4.78 is 0. The molecular formula is C15H25N3O3. The van der Waals surface area contributed by atoms with Gasteiger partial charge in [-0.25, -0.2) is 0 Å². The van der Waals surface area contributed by atoms with E-state index in [1.807, 2.05) is 20.8 Å². The van der Waals surface area contributed by atoms with E-state index in [0.717, 1.165) is 6.42 Å². The standard InChI is InChI=1S/C15H25N3O3/c1-8(2)7-12(17-10(4)19)15(21)18-6-5-11-13(18)14(20)9(3)16-11/h8-9,11-13,16H,5-7H2,1-4H3,(H,17,19). The van der Waals surface area contributed by atoms with Crippen molar-refractivity contribution in [3.8, 4) is 0 Å². The average Bonchev–Trinajstić information content (AvgIpc) is 2.89. The normalized spacial score (nSPS) is 29.7. The smallest absolute Gasteiger partial charge is 0.245 e. The van der Waals surface area contributed by atoms with E-state index in [4.69, 9.17) is 0 Å². The zero-order chi connectivity index (χ0) is 15.7. The van der Waals surface area contributed by atoms with Crippen LogP contribution in [-0.4, -0.2) is 53.2 Å². The Balaban J connectivity index is 2.13. The van der Waals surface area contributed by atoms with Crippen LogP contribution in [0.3, 0.4) is 0 Å². The van der Waals surface area contributed by atoms with Gasteiger partial charge in [0.1, 0.15) is 12.1 Å². The van der Waals surface area contributed by atoms with Gasteiger partial charge in [0.15, 0.2) is 5.78 Å². The van der Waals surface area contributed by atoms with Gasteiger partial charge in [-0.3, -0.25) is 14.4 Å². The Bertz CT molecular complexity index is 449. The van der Waals surface area contributed by atoms with Crippen molar-refractivity contribution in [2.45, 2.75) is 64.7 Å². The molecule has 6 heteroatoms. The zero-order valence-corrected chi connectivity index (χ0v) is 13.2. The topological polar surface area (TPSA) is 78.5 Å². The highest BCUT2D eigenvalue weighted by Gasteiger charge is 2.49. The van der Waals surface area contributed by atoms with Crippen molar-refractivity contribution in [3.05, 3.63) is 0 Å². The van der Waals surface area contributed by atoms with Crippen molar-refractivity contribution in [1.82, 2.24) is 15.5 Å². The van der Waals surface area contributed by atoms with Crippen LogP contribution in [0.25, 0.3) is 0 Å². The van der Waals surface area contributed by atoms with E-state index >= 15 is 0 Å². The number of ketones is 1. The first-order valence-electron chi connectivity index (χ1n) is 7.68. The maximum Gasteiger partial charge on any atom is 0.245 e. The van der Waals surface area contributed by atoms with Gasteiger partial charge < -0.3 is 15.5 Å². The number of rotatable bonds is 4. The fourth-order valence-electron chi connectivity index (χ4n) is 3.36. The second kappa shape index (κ2) is 6.13. The quantitative estimate of drug-likeness (QED) is 0.769. The molecule has 0 aliphatic carbocycles. The third kappa shape index (κ3) is 3.26. The Morgan fingerprint density at radius 3 is 2.67 bits per heavy atom. The van der Waals surface area contributed by atoms with Crippen LogP contribution in [-0.2, 0) is 14.4 Å². The average molecular weight is 295 g/mol. The summed E-state index contributed by atoms with van der Waals surface area (Å²) >= 11 is 0. The van der Waals surface area contributed by atoms with Crippen LogP contribution in [0.4, 0.5) is 0 Å². The van der Waals surface area contributed by atoms with Gasteiger partial charge in [-0.15, -0.1) is 0 Å². The van der Waals surface area contributed by atoms with Crippen LogP contribution in [0, 0.1) is 5.92 Å². The minimum atomic E-state index is -0.537. The van der Waals surface area contributed by atoms with Gasteiger partial charge in [-0.2, -0.15) is 0 Å². The Morgan fingerprint density at radius 2 is 2.10 bits per heavy atom. The fourth-order valence-corrected chi connectivity index (χ4v) is 3.36. The monoisotopic (exact) mass is 295 g/mol. The van der Waals surface area contributed by atoms with Gasteiger partial charge in [0.2, 0.25) is 11.8 Å². The van der Waals surface area contributed by atoms with Crippen molar-refractivity contribution in [2.24, 2.45) is 5.92 Å². The van der Waals surface area contributed by atoms with Crippen molar-refractivity contribution in [2.75, 3.05) is 6.54 Å². The van der Waals surface area contributed by atoms with Gasteiger partial charge in [0.05, 0.1) is 6.04 Å². The molecule has 0 spiro atoms. The van der Waals surface area contributed by atoms with Crippen LogP contribution in [0.5, 0.6) is 0 Å². The molecule has 2 saturated heterocycles. The predicted octanol–water partition coefficient (Wildman–Crippen LogP) is 0.0675. The van der Waals surface area contributed by atoms with Crippen molar-refractivity contribution >= 4 is 17.6 Å². The number of fused-ring (bicyclic) bond motifs is 1. The molecule has 2 aliphatic rings. The molecule has 2 N–H and O–H groups in total. The van der Waals surface area contributed by atoms with E-state index in [9.17, 15) is 14.4 Å². The van der Waals surface area contributed by atoms with Crippen LogP contribution in [0.2, 0.25) is 0 Å². The lowest BCUT2D eigenvalue weighted by Gasteiger charge is -2.28. The second-order valence-corrected chi connectivity index (χ2v) is 6.55. The van der Waals surface area contributed by atoms with Gasteiger partial charge in [-0.1, -0.05) is 13.8 Å². The summed E-state index contributed by atoms with van der Waals surface area (Å²) in [6, 6.07) is -1.03. The van der Waals surface area contributed by atoms with E-state index in [1.165, 1.54) is 6.92 Å². The van der Waals surface area contributed by atoms with Gasteiger partial charge in [-0.05, 0) is 25.7 Å². The van der Waals surface area contributed by atoms with E-state index in [-0.39, 0.29) is 35.7 Å². The first kappa shape index (κ1) is 15.9. The molecule has 118 valence electrons. The third-order valence-corrected chi connectivity index (χ3v) is 4.25. The number of carbonyl (C=O) groups is 3. The molecule has 0 aromatic carbocycles. The zero-order valence-electron chi connectivity index (χ0n) is 13.2. The second-order valence-electron chi connectivity index (χ2n) is 6.55. The van der Waals surface area contributed by atoms with Crippen molar-refractivity contribution in [3.63, 3.8) is 0 Å². The molecular weight excluding hydrogens is 270 g/mol. The summed E-state index contributed by atoms with van der Waals surface area (Å²) in [6.45, 7) is 7.85. The highest BCUT2D eigenvalue weighted by atomic mass is 16.2. The number of nitrogens with one attached hydrogen (secondary N) is 2. The molecule has 4 atom stereocenters. The molecule has 2 amide bonds. The SMILES string of the molecule is CC(=O)NC(CC(C)C)C(=O)N1CCC2NC(C)C(=O)C21. The molecule has 0 aromatic heterocycles. The summed E-state index contributed by atoms with van der Waals surface area (Å²) in [7, 11) is 0. The number of Topliss-reactive ketones (excluding diaryl/α,β-unsaturated/α-hetero) is 1. The number of nitrogens with zero attached hydrogens (tertiary/aromatic N) is 1. The molecule has 0 radical (unpaired) electrons. The fraction of sp³-hybridized carbons (Fsp3) is 0.800. The summed E-state index contributed by atoms with van der Waals surface area (Å²) in [5, 5.41) is 5.97. The maximum atomic E-state index is 12.7. The van der Waals surface area contributed by atoms with E-state index < -0.39 is 6.04 Å². The highest BCUT2D eigenvalue weighted by molar-refractivity contribution is 5.97. The number of hydrogen-bond acceptors (Lipinski definition) is 4. The van der Waals surface area contributed by atoms with Crippen molar-refractivity contribution < 1.29 is 14.4 Å². The lowest BCUT2D eigenvalue weighted by Crippen LogP contribution is -2.52. The van der Waals surface area contributed by atoms with Crippen molar-refractivity contribution in [1.29, 1.82) is 0 Å². The van der Waals surface area contributed by atoms with Crippen LogP contribution in [0.1, 0.15) is 40.5 Å². The van der Waals surface area contributed by atoms with Crippen LogP contribution in [0.15, 0.2) is 0 Å². The number of amides is 2. The largest absolute Gasteiger partial charge is 0.345 e. The Labute approximate surface area is 125 Å². The number of hydrogen-bond donors (Lipinski definition) is 2. The van der Waals surface area contributed by atoms with Gasteiger partial charge in [0, 0.05) is 19.5 Å². The molecule has 4 unspecified atom stereocenters. The van der Waals surface area contributed by atoms with E-state index in [0.29, 0.717) is 18.9 Å². The summed E-state index contributed by atoms with van der Waals surface area (Å²) in [5.41, 5.74) is 0. The van der Waals surface area contributed by atoms with E-state index in [2.05, 4.69) is 10.6 Å². The third-order valence-electron chi connectivity index (χ3n) is 4.25. The minimum Gasteiger partial charge on any atom is -0.345 e. The molecule has 0 saturated carbocycles. The first-order valence-corrected chi connectivity index (χ1v) is 7.68. The maximum absolute atomic E-state index is 12.7. The molecule has 2 rings (SSSR count). The molecule has 0 aromatic rings. The van der Waals surface area contributed by atoms with E-state index in [1.54, 1.807) is 4.90 Å². The summed E-state index contributed by atoms with van der Waals surface area (Å²) in [6.07, 6.45) is 1.38. The minimum absolute atomic E-state index is 0.0634. The summed E-state index contributed by atoms with van der Waals surface area (Å²) in [4.78, 5) is 38.0. The summed E-state index contributed by atoms with van der Waals surface area (Å²) in [5.74, 6) is 0.0298. The number of likely N-dealkylation sites (tertiary alicyclic amines) is 1.